The van der Waals surface area contributed by atoms with Crippen molar-refractivity contribution in [2.45, 2.75) is 37.8 Å². The van der Waals surface area contributed by atoms with Crippen LogP contribution < -0.4 is 0 Å². The molecule has 0 saturated carbocycles. The van der Waals surface area contributed by atoms with Gasteiger partial charge < -0.3 is 9.47 Å². The Hall–Kier alpha value is -4.18. The number of benzene rings is 4. The number of ether oxygens (including phenoxy) is 2. The molecule has 196 valence electrons. The molecule has 0 saturated heterocycles. The predicted molar refractivity (Wildman–Crippen MR) is 157 cm³/mol. The van der Waals surface area contributed by atoms with Crippen LogP contribution >= 0.6 is 0 Å². The van der Waals surface area contributed by atoms with E-state index in [4.69, 9.17) is 19.5 Å². The molecule has 0 aliphatic carbocycles. The molecule has 4 heteroatoms. The second-order valence-corrected chi connectivity index (χ2v) is 10.6. The summed E-state index contributed by atoms with van der Waals surface area (Å²) in [7, 11) is 0. The highest BCUT2D eigenvalue weighted by Crippen LogP contribution is 2.38. The quantitative estimate of drug-likeness (QED) is 0.241. The average Bonchev–Trinajstić information content (AvgIpc) is 3.66. The smallest absolute Gasteiger partial charge is 0.200 e. The number of hydrogen-bond acceptors (Lipinski definition) is 4. The zero-order chi connectivity index (χ0) is 26.3. The Morgan fingerprint density at radius 3 is 1.18 bits per heavy atom. The summed E-state index contributed by atoms with van der Waals surface area (Å²) in [5.41, 5.74) is 4.34. The van der Waals surface area contributed by atoms with E-state index < -0.39 is 5.41 Å². The Morgan fingerprint density at radius 2 is 0.821 bits per heavy atom. The summed E-state index contributed by atoms with van der Waals surface area (Å²) in [4.78, 5) is 10.5. The van der Waals surface area contributed by atoms with E-state index in [0.29, 0.717) is 26.1 Å². The SMILES string of the molecule is c1ccc(CC2COC(C(Cc3ccccc3)(Cc3ccccc3)C3=NC(Cc4ccccc4)CO3)=N2)cc1. The lowest BCUT2D eigenvalue weighted by molar-refractivity contribution is 0.248. The molecule has 0 radical (unpaired) electrons. The predicted octanol–water partition coefficient (Wildman–Crippen LogP) is 6.54. The molecular formula is C35H34N2O2. The summed E-state index contributed by atoms with van der Waals surface area (Å²) in [5, 5.41) is 0. The summed E-state index contributed by atoms with van der Waals surface area (Å²) < 4.78 is 13.0. The van der Waals surface area contributed by atoms with Gasteiger partial charge in [-0.2, -0.15) is 0 Å². The maximum Gasteiger partial charge on any atom is 0.200 e. The van der Waals surface area contributed by atoms with Gasteiger partial charge >= 0.3 is 0 Å². The van der Waals surface area contributed by atoms with E-state index in [1.807, 2.05) is 0 Å². The van der Waals surface area contributed by atoms with Crippen LogP contribution in [-0.4, -0.2) is 37.1 Å². The van der Waals surface area contributed by atoms with Gasteiger partial charge in [0.05, 0.1) is 12.1 Å². The molecule has 4 nitrogen and oxygen atoms in total. The molecule has 2 aliphatic heterocycles. The van der Waals surface area contributed by atoms with Crippen LogP contribution in [0.25, 0.3) is 0 Å². The van der Waals surface area contributed by atoms with Gasteiger partial charge in [-0.15, -0.1) is 0 Å². The second kappa shape index (κ2) is 11.7. The molecule has 6 rings (SSSR count). The Morgan fingerprint density at radius 1 is 0.487 bits per heavy atom. The van der Waals surface area contributed by atoms with E-state index in [0.717, 1.165) is 24.6 Å². The van der Waals surface area contributed by atoms with E-state index in [2.05, 4.69) is 121 Å². The lowest BCUT2D eigenvalue weighted by Crippen LogP contribution is -2.44. The van der Waals surface area contributed by atoms with E-state index >= 15 is 0 Å². The fraction of sp³-hybridized carbons (Fsp3) is 0.257. The normalized spacial score (nSPS) is 18.7. The van der Waals surface area contributed by atoms with E-state index in [9.17, 15) is 0 Å². The highest BCUT2D eigenvalue weighted by atomic mass is 16.5. The molecule has 4 aromatic carbocycles. The van der Waals surface area contributed by atoms with Crippen molar-refractivity contribution in [1.82, 2.24) is 0 Å². The number of nitrogens with zero attached hydrogens (tertiary/aromatic N) is 2. The number of hydrogen-bond donors (Lipinski definition) is 0. The summed E-state index contributed by atoms with van der Waals surface area (Å²) >= 11 is 0. The molecule has 0 amide bonds. The van der Waals surface area contributed by atoms with Gasteiger partial charge in [-0.1, -0.05) is 121 Å². The van der Waals surface area contributed by atoms with Crippen LogP contribution in [0.1, 0.15) is 22.3 Å². The molecule has 0 aromatic heterocycles. The van der Waals surface area contributed by atoms with E-state index in [1.54, 1.807) is 0 Å². The van der Waals surface area contributed by atoms with Gasteiger partial charge in [-0.05, 0) is 47.9 Å². The third-order valence-electron chi connectivity index (χ3n) is 7.57. The minimum Gasteiger partial charge on any atom is -0.478 e. The molecule has 4 aromatic rings. The summed E-state index contributed by atoms with van der Waals surface area (Å²) in [6, 6.07) is 42.4. The van der Waals surface area contributed by atoms with E-state index in [1.165, 1.54) is 22.3 Å². The zero-order valence-corrected chi connectivity index (χ0v) is 22.2. The van der Waals surface area contributed by atoms with Gasteiger partial charge in [0.15, 0.2) is 11.8 Å². The van der Waals surface area contributed by atoms with Crippen LogP contribution in [0.3, 0.4) is 0 Å². The first-order valence-corrected chi connectivity index (χ1v) is 13.8. The van der Waals surface area contributed by atoms with Gasteiger partial charge in [-0.25, -0.2) is 9.98 Å². The molecule has 0 fully saturated rings. The molecule has 39 heavy (non-hydrogen) atoms. The van der Waals surface area contributed by atoms with E-state index in [-0.39, 0.29) is 12.1 Å². The minimum absolute atomic E-state index is 0.0652. The highest BCUT2D eigenvalue weighted by molar-refractivity contribution is 6.07. The number of rotatable bonds is 10. The monoisotopic (exact) mass is 514 g/mol. The Balaban J connectivity index is 1.39. The standard InChI is InChI=1S/C35H34N2O2/c1-5-13-27(14-6-1)21-31-25-38-33(36-31)35(23-29-17-9-3-10-18-29,24-30-19-11-4-12-20-30)34-37-32(26-39-34)22-28-15-7-2-8-16-28/h1-20,31-32H,21-26H2. The van der Waals surface area contributed by atoms with Crippen molar-refractivity contribution >= 4 is 11.8 Å². The molecule has 2 aliphatic rings. The van der Waals surface area contributed by atoms with Gasteiger partial charge in [0.25, 0.3) is 0 Å². The molecule has 2 unspecified atom stereocenters. The van der Waals surface area contributed by atoms with Crippen molar-refractivity contribution < 1.29 is 9.47 Å². The van der Waals surface area contributed by atoms with Gasteiger partial charge in [0.2, 0.25) is 0 Å². The molecule has 0 spiro atoms. The van der Waals surface area contributed by atoms with Gasteiger partial charge in [0, 0.05) is 0 Å². The minimum atomic E-state index is -0.625. The van der Waals surface area contributed by atoms with Crippen LogP contribution in [-0.2, 0) is 35.2 Å². The van der Waals surface area contributed by atoms with Crippen molar-refractivity contribution in [3.05, 3.63) is 144 Å². The third-order valence-corrected chi connectivity index (χ3v) is 7.57. The lowest BCUT2D eigenvalue weighted by atomic mass is 9.75. The van der Waals surface area contributed by atoms with Crippen molar-refractivity contribution in [2.75, 3.05) is 13.2 Å². The topological polar surface area (TPSA) is 43.2 Å². The summed E-state index contributed by atoms with van der Waals surface area (Å²) in [6.07, 6.45) is 3.11. The maximum absolute atomic E-state index is 6.50. The summed E-state index contributed by atoms with van der Waals surface area (Å²) in [6.45, 7) is 1.13. The zero-order valence-electron chi connectivity index (χ0n) is 22.2. The second-order valence-electron chi connectivity index (χ2n) is 10.6. The molecular weight excluding hydrogens is 480 g/mol. The largest absolute Gasteiger partial charge is 0.478 e. The summed E-state index contributed by atoms with van der Waals surface area (Å²) in [5.74, 6) is 1.49. The van der Waals surface area contributed by atoms with Crippen LogP contribution in [0.15, 0.2) is 131 Å². The highest BCUT2D eigenvalue weighted by Gasteiger charge is 2.49. The van der Waals surface area contributed by atoms with Crippen molar-refractivity contribution in [1.29, 1.82) is 0 Å². The fourth-order valence-corrected chi connectivity index (χ4v) is 5.68. The Labute approximate surface area is 231 Å². The first kappa shape index (κ1) is 25.1. The van der Waals surface area contributed by atoms with Crippen LogP contribution in [0.2, 0.25) is 0 Å². The van der Waals surface area contributed by atoms with Gasteiger partial charge in [-0.3, -0.25) is 0 Å². The van der Waals surface area contributed by atoms with Gasteiger partial charge in [0.1, 0.15) is 18.6 Å². The van der Waals surface area contributed by atoms with Crippen molar-refractivity contribution in [3.8, 4) is 0 Å². The maximum atomic E-state index is 6.50. The lowest BCUT2D eigenvalue weighted by Gasteiger charge is -2.32. The van der Waals surface area contributed by atoms with Crippen LogP contribution in [0.4, 0.5) is 0 Å². The van der Waals surface area contributed by atoms with Crippen LogP contribution in [0.5, 0.6) is 0 Å². The van der Waals surface area contributed by atoms with Crippen molar-refractivity contribution in [3.63, 3.8) is 0 Å². The average molecular weight is 515 g/mol. The Bertz CT molecular complexity index is 1290. The first-order chi connectivity index (χ1) is 19.3. The molecule has 0 N–H and O–H groups in total. The first-order valence-electron chi connectivity index (χ1n) is 13.8. The van der Waals surface area contributed by atoms with Crippen molar-refractivity contribution in [2.24, 2.45) is 15.4 Å². The molecule has 2 atom stereocenters. The fourth-order valence-electron chi connectivity index (χ4n) is 5.68. The Kier molecular flexibility index (Phi) is 7.53. The molecule has 2 heterocycles. The third kappa shape index (κ3) is 5.96. The number of aliphatic imine (C=N–C) groups is 2. The van der Waals surface area contributed by atoms with Crippen LogP contribution in [0, 0.1) is 5.41 Å². The molecule has 0 bridgehead atoms.